The van der Waals surface area contributed by atoms with Crippen LogP contribution in [0.25, 0.3) is 0 Å². The van der Waals surface area contributed by atoms with Gasteiger partial charge in [0.05, 0.1) is 22.9 Å². The number of hydrogen-bond donors (Lipinski definition) is 1. The van der Waals surface area contributed by atoms with Gasteiger partial charge < -0.3 is 0 Å². The third-order valence-corrected chi connectivity index (χ3v) is 8.77. The average Bonchev–Trinajstić information content (AvgIpc) is 2.84. The minimum Gasteiger partial charge on any atom is -0.268 e. The molecule has 1 heterocycles. The molecule has 186 valence electrons. The van der Waals surface area contributed by atoms with Gasteiger partial charge in [-0.25, -0.2) is 21.7 Å². The minimum absolute atomic E-state index is 0.0936. The Morgan fingerprint density at radius 3 is 2.40 bits per heavy atom. The Labute approximate surface area is 216 Å². The first kappa shape index (κ1) is 27.5. The molecule has 0 fully saturated rings. The number of nitrogens with zero attached hydrogens (tertiary/aromatic N) is 2. The van der Waals surface area contributed by atoms with Gasteiger partial charge in [-0.1, -0.05) is 30.3 Å². The lowest BCUT2D eigenvalue weighted by Crippen LogP contribution is -2.32. The Hall–Kier alpha value is -2.10. The van der Waals surface area contributed by atoms with Gasteiger partial charge in [-0.3, -0.25) is 9.78 Å². The van der Waals surface area contributed by atoms with E-state index in [9.17, 15) is 17.4 Å². The van der Waals surface area contributed by atoms with E-state index in [0.29, 0.717) is 30.2 Å². The number of carbonyl (C=O) groups is 1. The lowest BCUT2D eigenvalue weighted by molar-refractivity contribution is 0.0981. The zero-order valence-corrected chi connectivity index (χ0v) is 22.9. The maximum atomic E-state index is 13.4. The first-order chi connectivity index (χ1) is 16.8. The second-order valence-corrected chi connectivity index (χ2v) is 12.7. The van der Waals surface area contributed by atoms with Crippen molar-refractivity contribution in [3.63, 3.8) is 0 Å². The molecule has 2 atom stereocenters. The molecule has 0 saturated carbocycles. The van der Waals surface area contributed by atoms with E-state index >= 15 is 0 Å². The summed E-state index contributed by atoms with van der Waals surface area (Å²) in [4.78, 5) is 17.5. The Kier molecular flexibility index (Phi) is 10.4. The number of amides is 1. The first-order valence-electron chi connectivity index (χ1n) is 10.8. The fraction of sp³-hybridized carbons (Fsp3) is 0.250. The maximum Gasteiger partial charge on any atom is 0.264 e. The van der Waals surface area contributed by atoms with E-state index in [4.69, 9.17) is 0 Å². The number of nitrogens with one attached hydrogen (secondary N) is 1. The average molecular weight is 550 g/mol. The van der Waals surface area contributed by atoms with Gasteiger partial charge in [-0.2, -0.15) is 11.8 Å². The van der Waals surface area contributed by atoms with Crippen molar-refractivity contribution in [1.82, 2.24) is 14.0 Å². The third-order valence-electron chi connectivity index (χ3n) is 4.97. The van der Waals surface area contributed by atoms with Crippen LogP contribution in [-0.2, 0) is 34.1 Å². The molecule has 11 heteroatoms. The standard InChI is InChI=1S/C24H28N3O4PS3/c1-33-15-4-16-35(30,31)26-24(28)20-8-6-19(7-9-20)17-27(18-21-5-2-3-14-25-21)34(29)23-12-10-22(32)11-13-23/h2-3,5-14H,4,15-18,32H2,1H3,(H,26,28). The largest absolute Gasteiger partial charge is 0.268 e. The van der Waals surface area contributed by atoms with Crippen LogP contribution in [0.3, 0.4) is 0 Å². The maximum absolute atomic E-state index is 13.4. The van der Waals surface area contributed by atoms with Crippen LogP contribution in [0, 0.1) is 0 Å². The lowest BCUT2D eigenvalue weighted by Gasteiger charge is -2.21. The normalized spacial score (nSPS) is 12.4. The summed E-state index contributed by atoms with van der Waals surface area (Å²) in [5, 5.41) is 1.00. The second-order valence-electron chi connectivity index (χ2n) is 7.73. The van der Waals surface area contributed by atoms with Gasteiger partial charge in [0, 0.05) is 18.3 Å². The lowest BCUT2D eigenvalue weighted by atomic mass is 10.1. The van der Waals surface area contributed by atoms with Gasteiger partial charge in [0.1, 0.15) is 11.0 Å². The molecule has 1 N–H and O–H groups in total. The van der Waals surface area contributed by atoms with Crippen LogP contribution in [0.1, 0.15) is 28.0 Å². The van der Waals surface area contributed by atoms with Crippen molar-refractivity contribution in [3.05, 3.63) is 89.7 Å². The summed E-state index contributed by atoms with van der Waals surface area (Å²) in [5.74, 6) is -0.0436. The quantitative estimate of drug-likeness (QED) is 0.276. The summed E-state index contributed by atoms with van der Waals surface area (Å²) in [5.41, 5.74) is 1.86. The molecule has 2 unspecified atom stereocenters. The Morgan fingerprint density at radius 2 is 1.77 bits per heavy atom. The number of sulfonamides is 1. The van der Waals surface area contributed by atoms with E-state index in [0.717, 1.165) is 16.6 Å². The molecule has 0 aliphatic heterocycles. The number of thioether (sulfide) groups is 1. The van der Waals surface area contributed by atoms with Crippen LogP contribution in [0.2, 0.25) is 0 Å². The molecule has 0 bridgehead atoms. The SMILES string of the molecule is CSCCCS(=O)(=O)NC(=O)c1ccc(CN(Cc2ccccn2)S(=O)c2ccc(P)cc2)cc1. The van der Waals surface area contributed by atoms with Gasteiger partial charge in [0.2, 0.25) is 10.0 Å². The fourth-order valence-corrected chi connectivity index (χ4v) is 6.21. The van der Waals surface area contributed by atoms with Crippen molar-refractivity contribution in [2.45, 2.75) is 24.4 Å². The van der Waals surface area contributed by atoms with Crippen LogP contribution in [0.4, 0.5) is 0 Å². The highest BCUT2D eigenvalue weighted by Crippen LogP contribution is 2.18. The van der Waals surface area contributed by atoms with Gasteiger partial charge >= 0.3 is 0 Å². The van der Waals surface area contributed by atoms with Crippen molar-refractivity contribution < 1.29 is 17.4 Å². The number of pyridine rings is 1. The highest BCUT2D eigenvalue weighted by atomic mass is 32.2. The van der Waals surface area contributed by atoms with Crippen LogP contribution in [0.15, 0.2) is 77.8 Å². The number of rotatable bonds is 12. The highest BCUT2D eigenvalue weighted by molar-refractivity contribution is 7.98. The van der Waals surface area contributed by atoms with Gasteiger partial charge in [-0.15, -0.1) is 9.24 Å². The minimum atomic E-state index is -3.68. The Morgan fingerprint density at radius 1 is 1.06 bits per heavy atom. The van der Waals surface area contributed by atoms with Crippen molar-refractivity contribution >= 4 is 53.2 Å². The molecule has 0 aliphatic rings. The number of aromatic nitrogens is 1. The van der Waals surface area contributed by atoms with E-state index < -0.39 is 26.9 Å². The molecule has 0 spiro atoms. The molecule has 35 heavy (non-hydrogen) atoms. The van der Waals surface area contributed by atoms with Crippen LogP contribution in [0.5, 0.6) is 0 Å². The topological polar surface area (TPSA) is 96.4 Å². The van der Waals surface area contributed by atoms with Crippen LogP contribution < -0.4 is 10.0 Å². The molecule has 1 aromatic heterocycles. The van der Waals surface area contributed by atoms with E-state index in [2.05, 4.69) is 18.9 Å². The third kappa shape index (κ3) is 8.81. The molecule has 3 aromatic rings. The number of hydrogen-bond acceptors (Lipinski definition) is 6. The fourth-order valence-electron chi connectivity index (χ4n) is 3.19. The van der Waals surface area contributed by atoms with Crippen LogP contribution in [-0.4, -0.2) is 45.6 Å². The summed E-state index contributed by atoms with van der Waals surface area (Å²) < 4.78 is 41.5. The van der Waals surface area contributed by atoms with Crippen LogP contribution >= 0.6 is 21.0 Å². The molecule has 1 amide bonds. The zero-order valence-electron chi connectivity index (χ0n) is 19.3. The van der Waals surface area contributed by atoms with E-state index in [1.165, 1.54) is 0 Å². The summed E-state index contributed by atoms with van der Waals surface area (Å²) >= 11 is 1.56. The predicted molar refractivity (Wildman–Crippen MR) is 146 cm³/mol. The zero-order chi connectivity index (χ0) is 25.3. The van der Waals surface area contributed by atoms with E-state index in [1.54, 1.807) is 46.5 Å². The summed E-state index contributed by atoms with van der Waals surface area (Å²) in [6.45, 7) is 0.716. The molecule has 2 aromatic carbocycles. The molecule has 7 nitrogen and oxygen atoms in total. The molecule has 0 radical (unpaired) electrons. The Balaban J connectivity index is 1.73. The number of carbonyl (C=O) groups excluding carboxylic acids is 1. The molecule has 0 aliphatic carbocycles. The molecular weight excluding hydrogens is 521 g/mol. The second kappa shape index (κ2) is 13.3. The molecule has 3 rings (SSSR count). The molecular formula is C24H28N3O4PS3. The molecule has 0 saturated heterocycles. The Bertz CT molecular complexity index is 1240. The van der Waals surface area contributed by atoms with Crippen molar-refractivity contribution in [2.75, 3.05) is 17.8 Å². The van der Waals surface area contributed by atoms with E-state index in [1.807, 2.05) is 48.7 Å². The summed E-state index contributed by atoms with van der Waals surface area (Å²) in [7, 11) is -2.51. The summed E-state index contributed by atoms with van der Waals surface area (Å²) in [6.07, 6.45) is 4.08. The van der Waals surface area contributed by atoms with E-state index in [-0.39, 0.29) is 11.3 Å². The predicted octanol–water partition coefficient (Wildman–Crippen LogP) is 3.12. The number of benzene rings is 2. The van der Waals surface area contributed by atoms with Crippen molar-refractivity contribution in [3.8, 4) is 0 Å². The van der Waals surface area contributed by atoms with Crippen molar-refractivity contribution in [2.24, 2.45) is 0 Å². The highest BCUT2D eigenvalue weighted by Gasteiger charge is 2.19. The van der Waals surface area contributed by atoms with Gasteiger partial charge in [0.25, 0.3) is 5.91 Å². The van der Waals surface area contributed by atoms with Gasteiger partial charge in [-0.05, 0) is 65.7 Å². The summed E-state index contributed by atoms with van der Waals surface area (Å²) in [6, 6.07) is 19.7. The monoisotopic (exact) mass is 549 g/mol. The first-order valence-corrected chi connectivity index (χ1v) is 15.6. The smallest absolute Gasteiger partial charge is 0.264 e. The van der Waals surface area contributed by atoms with Crippen molar-refractivity contribution in [1.29, 1.82) is 0 Å². The van der Waals surface area contributed by atoms with Gasteiger partial charge in [0.15, 0.2) is 0 Å².